The summed E-state index contributed by atoms with van der Waals surface area (Å²) < 4.78 is 26.1. The van der Waals surface area contributed by atoms with Crippen LogP contribution in [0.1, 0.15) is 38.2 Å². The molecule has 1 aromatic carbocycles. The Balaban J connectivity index is 1.98. The van der Waals surface area contributed by atoms with Crippen molar-refractivity contribution >= 4 is 21.6 Å². The van der Waals surface area contributed by atoms with Gasteiger partial charge in [-0.1, -0.05) is 13.3 Å². The van der Waals surface area contributed by atoms with Crippen molar-refractivity contribution in [2.45, 2.75) is 32.6 Å². The minimum Gasteiger partial charge on any atom is -0.326 e. The molecular weight excluding hydrogens is 326 g/mol. The van der Waals surface area contributed by atoms with Gasteiger partial charge in [-0.05, 0) is 43.5 Å². The predicted molar refractivity (Wildman–Crippen MR) is 92.8 cm³/mol. The molecule has 0 bridgehead atoms. The molecule has 0 saturated carbocycles. The number of benzene rings is 1. The number of unbranched alkanes of at least 4 members (excludes halogenated alkanes) is 1. The first-order valence-corrected chi connectivity index (χ1v) is 9.86. The highest BCUT2D eigenvalue weighted by molar-refractivity contribution is 7.89. The van der Waals surface area contributed by atoms with E-state index >= 15 is 0 Å². The van der Waals surface area contributed by atoms with Gasteiger partial charge in [-0.2, -0.15) is 5.26 Å². The molecular formula is C17H23N3O3S. The molecule has 1 heterocycles. The second-order valence-electron chi connectivity index (χ2n) is 6.05. The smallest absolute Gasteiger partial charge is 0.228 e. The van der Waals surface area contributed by atoms with Crippen LogP contribution in [0.4, 0.5) is 5.69 Å². The van der Waals surface area contributed by atoms with Crippen molar-refractivity contribution in [1.82, 2.24) is 4.31 Å². The summed E-state index contributed by atoms with van der Waals surface area (Å²) in [5.74, 6) is -0.367. The van der Waals surface area contributed by atoms with Gasteiger partial charge in [-0.25, -0.2) is 12.7 Å². The first kappa shape index (κ1) is 18.4. The molecule has 0 spiro atoms. The van der Waals surface area contributed by atoms with Gasteiger partial charge in [0.15, 0.2) is 0 Å². The fourth-order valence-corrected chi connectivity index (χ4v) is 4.46. The largest absolute Gasteiger partial charge is 0.326 e. The van der Waals surface area contributed by atoms with Crippen LogP contribution in [0, 0.1) is 17.2 Å². The van der Waals surface area contributed by atoms with Crippen LogP contribution in [0.25, 0.3) is 0 Å². The van der Waals surface area contributed by atoms with Crippen molar-refractivity contribution in [1.29, 1.82) is 5.26 Å². The number of carbonyl (C=O) groups excluding carboxylic acids is 1. The molecule has 1 fully saturated rings. The van der Waals surface area contributed by atoms with Crippen molar-refractivity contribution in [3.8, 4) is 6.07 Å². The third kappa shape index (κ3) is 4.79. The van der Waals surface area contributed by atoms with Gasteiger partial charge in [0, 0.05) is 18.8 Å². The average Bonchev–Trinajstić information content (AvgIpc) is 2.61. The molecule has 6 nitrogen and oxygen atoms in total. The predicted octanol–water partition coefficient (Wildman–Crippen LogP) is 2.34. The summed E-state index contributed by atoms with van der Waals surface area (Å²) >= 11 is 0. The molecule has 0 aromatic heterocycles. The summed E-state index contributed by atoms with van der Waals surface area (Å²) in [6.45, 7) is 2.69. The molecule has 1 saturated heterocycles. The molecule has 1 atom stereocenters. The highest BCUT2D eigenvalue weighted by Gasteiger charge is 2.31. The van der Waals surface area contributed by atoms with E-state index in [9.17, 15) is 13.2 Å². The fraction of sp³-hybridized carbons (Fsp3) is 0.529. The van der Waals surface area contributed by atoms with Crippen LogP contribution in [0.3, 0.4) is 0 Å². The average molecular weight is 349 g/mol. The Morgan fingerprint density at radius 3 is 2.71 bits per heavy atom. The van der Waals surface area contributed by atoms with Gasteiger partial charge in [0.1, 0.15) is 0 Å². The number of hydrogen-bond donors (Lipinski definition) is 1. The van der Waals surface area contributed by atoms with E-state index in [0.717, 1.165) is 6.42 Å². The zero-order valence-corrected chi connectivity index (χ0v) is 14.7. The molecule has 0 radical (unpaired) electrons. The normalized spacial score (nSPS) is 18.8. The third-order valence-electron chi connectivity index (χ3n) is 4.19. The van der Waals surface area contributed by atoms with Gasteiger partial charge in [0.25, 0.3) is 0 Å². The van der Waals surface area contributed by atoms with Gasteiger partial charge in [0.2, 0.25) is 15.9 Å². The number of rotatable bonds is 6. The third-order valence-corrected chi connectivity index (χ3v) is 6.11. The number of amides is 1. The number of nitriles is 1. The molecule has 0 unspecified atom stereocenters. The van der Waals surface area contributed by atoms with Crippen LogP contribution in [-0.4, -0.2) is 37.5 Å². The molecule has 2 rings (SSSR count). The standard InChI is InChI=1S/C17H23N3O3S/c1-2-3-11-24(22,23)20-10-4-5-15(13-20)17(21)19-16-8-6-14(12-18)7-9-16/h6-9,15H,2-5,10-11,13H2,1H3,(H,19,21)/t15-/m0/s1. The summed E-state index contributed by atoms with van der Waals surface area (Å²) in [5, 5.41) is 11.6. The molecule has 7 heteroatoms. The number of carbonyl (C=O) groups is 1. The number of anilines is 1. The summed E-state index contributed by atoms with van der Waals surface area (Å²) in [6, 6.07) is 8.65. The van der Waals surface area contributed by atoms with Crippen molar-refractivity contribution < 1.29 is 13.2 Å². The minimum atomic E-state index is -3.28. The van der Waals surface area contributed by atoms with Gasteiger partial charge >= 0.3 is 0 Å². The molecule has 130 valence electrons. The summed E-state index contributed by atoms with van der Waals surface area (Å²) in [6.07, 6.45) is 2.84. The SMILES string of the molecule is CCCCS(=O)(=O)N1CCC[C@H](C(=O)Nc2ccc(C#N)cc2)C1. The Kier molecular flexibility index (Phi) is 6.35. The Labute approximate surface area is 143 Å². The highest BCUT2D eigenvalue weighted by Crippen LogP contribution is 2.22. The summed E-state index contributed by atoms with van der Waals surface area (Å²) in [4.78, 5) is 12.4. The zero-order chi connectivity index (χ0) is 17.6. The van der Waals surface area contributed by atoms with Crippen LogP contribution in [0.5, 0.6) is 0 Å². The summed E-state index contributed by atoms with van der Waals surface area (Å²) in [5.41, 5.74) is 1.14. The first-order valence-electron chi connectivity index (χ1n) is 8.25. The maximum atomic E-state index is 12.4. The number of sulfonamides is 1. The Morgan fingerprint density at radius 1 is 1.38 bits per heavy atom. The number of nitrogens with one attached hydrogen (secondary N) is 1. The Hall–Kier alpha value is -1.91. The van der Waals surface area contributed by atoms with Crippen LogP contribution in [0.2, 0.25) is 0 Å². The van der Waals surface area contributed by atoms with E-state index in [4.69, 9.17) is 5.26 Å². The van der Waals surface area contributed by atoms with Crippen molar-refractivity contribution in [3.63, 3.8) is 0 Å². The number of hydrogen-bond acceptors (Lipinski definition) is 4. The van der Waals surface area contributed by atoms with Gasteiger partial charge in [-0.3, -0.25) is 4.79 Å². The second-order valence-corrected chi connectivity index (χ2v) is 8.13. The lowest BCUT2D eigenvalue weighted by Gasteiger charge is -2.31. The quantitative estimate of drug-likeness (QED) is 0.853. The minimum absolute atomic E-state index is 0.146. The summed E-state index contributed by atoms with van der Waals surface area (Å²) in [7, 11) is -3.28. The van der Waals surface area contributed by atoms with E-state index in [1.165, 1.54) is 4.31 Å². The van der Waals surface area contributed by atoms with Crippen LogP contribution in [0.15, 0.2) is 24.3 Å². The molecule has 1 N–H and O–H groups in total. The van der Waals surface area contributed by atoms with E-state index in [1.54, 1.807) is 24.3 Å². The van der Waals surface area contributed by atoms with Crippen molar-refractivity contribution in [2.75, 3.05) is 24.2 Å². The number of nitrogens with zero attached hydrogens (tertiary/aromatic N) is 2. The van der Waals surface area contributed by atoms with Gasteiger partial charge < -0.3 is 5.32 Å². The first-order chi connectivity index (χ1) is 11.5. The molecule has 1 aliphatic rings. The lowest BCUT2D eigenvalue weighted by atomic mass is 9.98. The van der Waals surface area contributed by atoms with Gasteiger partial charge in [0.05, 0.1) is 23.3 Å². The topological polar surface area (TPSA) is 90.3 Å². The van der Waals surface area contributed by atoms with E-state index in [1.807, 2.05) is 13.0 Å². The van der Waals surface area contributed by atoms with Crippen molar-refractivity contribution in [2.24, 2.45) is 5.92 Å². The maximum Gasteiger partial charge on any atom is 0.228 e. The van der Waals surface area contributed by atoms with E-state index in [0.29, 0.717) is 37.1 Å². The molecule has 1 amide bonds. The Morgan fingerprint density at radius 2 is 2.08 bits per heavy atom. The zero-order valence-electron chi connectivity index (χ0n) is 13.9. The Bertz CT molecular complexity index is 708. The van der Waals surface area contributed by atoms with E-state index < -0.39 is 10.0 Å². The van der Waals surface area contributed by atoms with E-state index in [2.05, 4.69) is 5.32 Å². The second kappa shape index (κ2) is 8.27. The maximum absolute atomic E-state index is 12.4. The fourth-order valence-electron chi connectivity index (χ4n) is 2.74. The van der Waals surface area contributed by atoms with Crippen LogP contribution < -0.4 is 5.32 Å². The molecule has 1 aromatic rings. The lowest BCUT2D eigenvalue weighted by molar-refractivity contribution is -0.120. The number of piperidine rings is 1. The molecule has 1 aliphatic heterocycles. The monoisotopic (exact) mass is 349 g/mol. The highest BCUT2D eigenvalue weighted by atomic mass is 32.2. The van der Waals surface area contributed by atoms with Crippen LogP contribution >= 0.6 is 0 Å². The molecule has 24 heavy (non-hydrogen) atoms. The van der Waals surface area contributed by atoms with Gasteiger partial charge in [-0.15, -0.1) is 0 Å². The molecule has 0 aliphatic carbocycles. The van der Waals surface area contributed by atoms with Crippen molar-refractivity contribution in [3.05, 3.63) is 29.8 Å². The van der Waals surface area contributed by atoms with Crippen LogP contribution in [-0.2, 0) is 14.8 Å². The van der Waals surface area contributed by atoms with E-state index in [-0.39, 0.29) is 24.1 Å². The lowest BCUT2D eigenvalue weighted by Crippen LogP contribution is -2.44.